The second kappa shape index (κ2) is 41.5. The molecule has 3 aliphatic heterocycles. The number of allylic oxidation sites excluding steroid dienone is 10. The van der Waals surface area contributed by atoms with E-state index in [0.717, 1.165) is 88.7 Å². The lowest BCUT2D eigenvalue weighted by Crippen LogP contribution is -2.05. The number of hydrogen-bond acceptors (Lipinski definition) is 5. The normalized spacial score (nSPS) is 21.5. The molecule has 1 aliphatic carbocycles. The first kappa shape index (κ1) is 66.4. The topological polar surface area (TPSA) is 84.1 Å². The molecule has 4 aliphatic rings. The van der Waals surface area contributed by atoms with Crippen molar-refractivity contribution < 1.29 is 42.0 Å². The van der Waals surface area contributed by atoms with E-state index >= 15 is 0 Å². The predicted octanol–water partition coefficient (Wildman–Crippen LogP) is 19.1. The summed E-state index contributed by atoms with van der Waals surface area (Å²) in [5.74, 6) is 0.279. The molecule has 0 bridgehead atoms. The van der Waals surface area contributed by atoms with Gasteiger partial charge in [-0.25, -0.2) is 0 Å². The summed E-state index contributed by atoms with van der Waals surface area (Å²) in [5, 5.41) is 8.54. The van der Waals surface area contributed by atoms with Gasteiger partial charge in [0.2, 0.25) is 0 Å². The van der Waals surface area contributed by atoms with E-state index < -0.39 is 17.7 Å². The van der Waals surface area contributed by atoms with Crippen LogP contribution in [0.15, 0.2) is 152 Å². The van der Waals surface area contributed by atoms with Gasteiger partial charge in [0, 0.05) is 6.42 Å². The summed E-state index contributed by atoms with van der Waals surface area (Å²) in [6, 6.07) is 15.5. The first-order valence-corrected chi connectivity index (χ1v) is 27.9. The standard InChI is InChI=1S/C23H27F3O4.C21H34O.C20H28O.2CH4/c24-23(25,26)18-11-10-12-19(17-18)29-16-9-8-14-21-20(30-21)13-6-4-2-1-3-5-7-15-22(27)28;1-2-3-4-5-6-7-8-12-17-20-21(22-20)18-13-16-19-14-10-9-11-15-19;1-2-3-4-5-6-7-8-12-15-19-20(21-19)17-16-18-13-10-9-11-14-18;;/h1,3-4,6,8-12,17,20-21H,2,5,7,13-16H2,(H,27,28);5-6,8,12-13,16,19-21H,2-4,7,9-11,14-15,17-18H2,1H3;5-6,8-14,19-20H,2-4,7,15-17H2,1H3;2*1H4/b3-1-,6-4-,9-8-;6-5-,12-8-,16-13-;6-5-,12-8-;;/t2*20-,21+;19-,20+;;/m111../s1. The Morgan fingerprint density at radius 3 is 1.59 bits per heavy atom. The van der Waals surface area contributed by atoms with Crippen LogP contribution in [0.3, 0.4) is 0 Å². The second-order valence-corrected chi connectivity index (χ2v) is 19.6. The highest BCUT2D eigenvalue weighted by Crippen LogP contribution is 2.33. The highest BCUT2D eigenvalue weighted by molar-refractivity contribution is 5.66. The average Bonchev–Trinajstić information content (AvgIpc) is 4.34. The summed E-state index contributed by atoms with van der Waals surface area (Å²) in [6.07, 6.45) is 59.3. The number of aliphatic carboxylic acids is 1. The fourth-order valence-corrected chi connectivity index (χ4v) is 8.59. The molecule has 75 heavy (non-hydrogen) atoms. The molecule has 2 aromatic rings. The molecule has 0 amide bonds. The lowest BCUT2D eigenvalue weighted by Gasteiger charge is -2.17. The molecule has 9 heteroatoms. The van der Waals surface area contributed by atoms with Crippen LogP contribution in [-0.2, 0) is 31.6 Å². The van der Waals surface area contributed by atoms with E-state index in [4.69, 9.17) is 24.1 Å². The minimum Gasteiger partial charge on any atom is -0.490 e. The van der Waals surface area contributed by atoms with Crippen molar-refractivity contribution in [2.45, 2.75) is 226 Å². The van der Waals surface area contributed by atoms with Gasteiger partial charge in [-0.3, -0.25) is 4.79 Å². The zero-order valence-corrected chi connectivity index (χ0v) is 44.3. The van der Waals surface area contributed by atoms with E-state index in [1.807, 2.05) is 18.2 Å². The van der Waals surface area contributed by atoms with Crippen molar-refractivity contribution in [3.8, 4) is 5.75 Å². The number of ether oxygens (including phenoxy) is 4. The van der Waals surface area contributed by atoms with Crippen molar-refractivity contribution in [3.05, 3.63) is 163 Å². The van der Waals surface area contributed by atoms with Crippen molar-refractivity contribution in [2.75, 3.05) is 6.61 Å². The molecule has 0 unspecified atom stereocenters. The maximum absolute atomic E-state index is 12.7. The fourth-order valence-electron chi connectivity index (χ4n) is 8.59. The smallest absolute Gasteiger partial charge is 0.416 e. The maximum atomic E-state index is 12.7. The van der Waals surface area contributed by atoms with Crippen LogP contribution < -0.4 is 4.74 Å². The molecule has 1 saturated carbocycles. The number of halogens is 3. The molecule has 4 fully saturated rings. The zero-order valence-electron chi connectivity index (χ0n) is 44.3. The van der Waals surface area contributed by atoms with Crippen molar-refractivity contribution in [1.29, 1.82) is 0 Å². The van der Waals surface area contributed by atoms with Gasteiger partial charge in [0.25, 0.3) is 0 Å². The molecule has 3 saturated heterocycles. The van der Waals surface area contributed by atoms with Gasteiger partial charge in [0.1, 0.15) is 12.4 Å². The molecule has 0 spiro atoms. The summed E-state index contributed by atoms with van der Waals surface area (Å²) >= 11 is 0. The number of alkyl halides is 3. The van der Waals surface area contributed by atoms with Crippen LogP contribution in [0.1, 0.15) is 188 Å². The number of rotatable bonds is 33. The number of benzene rings is 2. The Kier molecular flexibility index (Phi) is 36.7. The number of epoxide rings is 3. The van der Waals surface area contributed by atoms with E-state index in [1.54, 1.807) is 6.08 Å². The van der Waals surface area contributed by atoms with Gasteiger partial charge in [-0.2, -0.15) is 13.2 Å². The zero-order chi connectivity index (χ0) is 52.0. The van der Waals surface area contributed by atoms with E-state index in [2.05, 4.69) is 117 Å². The van der Waals surface area contributed by atoms with Crippen molar-refractivity contribution in [1.82, 2.24) is 0 Å². The number of hydrogen-bond donors (Lipinski definition) is 1. The molecule has 6 rings (SSSR count). The Labute approximate surface area is 453 Å². The van der Waals surface area contributed by atoms with Gasteiger partial charge in [-0.15, -0.1) is 0 Å². The van der Waals surface area contributed by atoms with E-state index in [-0.39, 0.29) is 45.8 Å². The first-order valence-electron chi connectivity index (χ1n) is 27.9. The monoisotopic (exact) mass is 1040 g/mol. The van der Waals surface area contributed by atoms with Gasteiger partial charge in [-0.1, -0.05) is 207 Å². The van der Waals surface area contributed by atoms with E-state index in [9.17, 15) is 18.0 Å². The van der Waals surface area contributed by atoms with Gasteiger partial charge >= 0.3 is 12.1 Å². The van der Waals surface area contributed by atoms with Crippen molar-refractivity contribution in [3.63, 3.8) is 0 Å². The Morgan fingerprint density at radius 2 is 1.07 bits per heavy atom. The quantitative estimate of drug-likeness (QED) is 0.0436. The largest absolute Gasteiger partial charge is 0.490 e. The lowest BCUT2D eigenvalue weighted by molar-refractivity contribution is -0.138. The third-order valence-electron chi connectivity index (χ3n) is 13.2. The van der Waals surface area contributed by atoms with Crippen LogP contribution in [0.4, 0.5) is 13.2 Å². The second-order valence-electron chi connectivity index (χ2n) is 19.6. The van der Waals surface area contributed by atoms with Crippen LogP contribution in [0.2, 0.25) is 0 Å². The molecule has 418 valence electrons. The summed E-state index contributed by atoms with van der Waals surface area (Å²) in [5.41, 5.74) is 0.694. The predicted molar refractivity (Wildman–Crippen MR) is 308 cm³/mol. The lowest BCUT2D eigenvalue weighted by atomic mass is 9.89. The summed E-state index contributed by atoms with van der Waals surface area (Å²) < 4.78 is 60.3. The number of carboxylic acid groups (broad SMARTS) is 1. The average molecular weight is 1040 g/mol. The van der Waals surface area contributed by atoms with Crippen LogP contribution >= 0.6 is 0 Å². The molecule has 3 heterocycles. The van der Waals surface area contributed by atoms with Crippen molar-refractivity contribution >= 4 is 5.97 Å². The highest BCUT2D eigenvalue weighted by Gasteiger charge is 2.38. The maximum Gasteiger partial charge on any atom is 0.416 e. The summed E-state index contributed by atoms with van der Waals surface area (Å²) in [4.78, 5) is 10.4. The molecule has 0 radical (unpaired) electrons. The first-order chi connectivity index (χ1) is 35.7. The highest BCUT2D eigenvalue weighted by atomic mass is 19.4. The molecular weight excluding hydrogens is 946 g/mol. The van der Waals surface area contributed by atoms with Gasteiger partial charge in [0.05, 0.1) is 42.2 Å². The number of carbonyl (C=O) groups is 1. The van der Waals surface area contributed by atoms with Crippen LogP contribution in [0, 0.1) is 5.92 Å². The number of carboxylic acids is 1. The van der Waals surface area contributed by atoms with Crippen LogP contribution in [-0.4, -0.2) is 54.3 Å². The van der Waals surface area contributed by atoms with Gasteiger partial charge < -0.3 is 24.1 Å². The third-order valence-corrected chi connectivity index (χ3v) is 13.2. The molecule has 6 atom stereocenters. The number of unbranched alkanes of at least 4 members (excludes halogenated alkanes) is 5. The van der Waals surface area contributed by atoms with Crippen LogP contribution in [0.5, 0.6) is 5.75 Å². The van der Waals surface area contributed by atoms with Gasteiger partial charge in [0.15, 0.2) is 0 Å². The molecule has 2 aromatic carbocycles. The minimum atomic E-state index is -4.37. The Hall–Kier alpha value is -4.70. The Bertz CT molecular complexity index is 1990. The van der Waals surface area contributed by atoms with Crippen molar-refractivity contribution in [2.24, 2.45) is 5.92 Å². The van der Waals surface area contributed by atoms with E-state index in [0.29, 0.717) is 30.8 Å². The third kappa shape index (κ3) is 33.8. The van der Waals surface area contributed by atoms with E-state index in [1.165, 1.54) is 88.3 Å². The number of aryl methyl sites for hydroxylation is 1. The fraction of sp³-hybridized carbons (Fsp3) is 0.561. The Balaban J connectivity index is 0.000000388. The molecule has 6 nitrogen and oxygen atoms in total. The Morgan fingerprint density at radius 1 is 0.587 bits per heavy atom. The summed E-state index contributed by atoms with van der Waals surface area (Å²) in [6.45, 7) is 4.68. The SMILES string of the molecule is C.C.CCCC/C=C\C/C=C\C[C@H]1O[C@H]1C/C=C\C1CCCCC1.CCCC/C=C\C/C=C\C[C@H]1O[C@H]1CCc1ccccc1.O=C(O)CCC/C=C\C/C=C\C[C@H]1O[C@H]1C/C=C\COc1cccc(C(F)(F)F)c1. The van der Waals surface area contributed by atoms with Crippen LogP contribution in [0.25, 0.3) is 0 Å². The molecule has 0 aromatic heterocycles. The molecule has 1 N–H and O–H groups in total. The van der Waals surface area contributed by atoms with Gasteiger partial charge in [-0.05, 0) is 132 Å². The molecular formula is C66H97F3O6. The minimum absolute atomic E-state index is 0. The summed E-state index contributed by atoms with van der Waals surface area (Å²) in [7, 11) is 0.